The number of anilines is 2. The molecule has 2 N–H and O–H groups in total. The second-order valence-electron chi connectivity index (χ2n) is 7.38. The number of fused-ring (bicyclic) bond motifs is 2. The zero-order valence-corrected chi connectivity index (χ0v) is 17.3. The van der Waals surface area contributed by atoms with Crippen LogP contribution < -0.4 is 10.6 Å². The Hall–Kier alpha value is -3.80. The van der Waals surface area contributed by atoms with E-state index in [9.17, 15) is 9.59 Å². The van der Waals surface area contributed by atoms with Gasteiger partial charge in [0.25, 0.3) is 0 Å². The fraction of sp³-hybridized carbons (Fsp3) is 0.167. The van der Waals surface area contributed by atoms with Crippen LogP contribution in [0.2, 0.25) is 0 Å². The molecule has 2 heterocycles. The molecule has 4 aromatic rings. The fourth-order valence-electron chi connectivity index (χ4n) is 3.74. The quantitative estimate of drug-likeness (QED) is 0.510. The van der Waals surface area contributed by atoms with Gasteiger partial charge in [-0.05, 0) is 50.2 Å². The molecule has 30 heavy (non-hydrogen) atoms. The largest absolute Gasteiger partial charge is 0.326 e. The van der Waals surface area contributed by atoms with Crippen LogP contribution in [-0.4, -0.2) is 21.8 Å². The second-order valence-corrected chi connectivity index (χ2v) is 7.38. The third kappa shape index (κ3) is 3.59. The smallest absolute Gasteiger partial charge is 0.221 e. The van der Waals surface area contributed by atoms with Crippen molar-refractivity contribution in [2.24, 2.45) is 0 Å². The molecule has 0 fully saturated rings. The zero-order valence-electron chi connectivity index (χ0n) is 17.3. The van der Waals surface area contributed by atoms with E-state index in [4.69, 9.17) is 0 Å². The molecule has 0 aliphatic carbocycles. The Morgan fingerprint density at radius 3 is 1.40 bits per heavy atom. The number of carbonyl (C=O) groups is 2. The first-order valence-corrected chi connectivity index (χ1v) is 9.70. The van der Waals surface area contributed by atoms with Crippen LogP contribution in [0.25, 0.3) is 32.9 Å². The van der Waals surface area contributed by atoms with Crippen LogP contribution in [0.4, 0.5) is 11.4 Å². The highest BCUT2D eigenvalue weighted by atomic mass is 16.2. The van der Waals surface area contributed by atoms with Crippen molar-refractivity contribution in [2.75, 3.05) is 10.6 Å². The van der Waals surface area contributed by atoms with Crippen LogP contribution in [0.15, 0.2) is 48.5 Å². The maximum absolute atomic E-state index is 11.9. The van der Waals surface area contributed by atoms with Crippen LogP contribution in [0.3, 0.4) is 0 Å². The Labute approximate surface area is 174 Å². The van der Waals surface area contributed by atoms with E-state index < -0.39 is 0 Å². The van der Waals surface area contributed by atoms with E-state index in [1.807, 2.05) is 62.4 Å². The summed E-state index contributed by atoms with van der Waals surface area (Å²) in [6.07, 6.45) is 0. The molecule has 0 aliphatic heterocycles. The van der Waals surface area contributed by atoms with Gasteiger partial charge in [-0.1, -0.05) is 12.1 Å². The van der Waals surface area contributed by atoms with E-state index in [1.165, 1.54) is 13.8 Å². The first kappa shape index (κ1) is 19.5. The number of pyridine rings is 2. The van der Waals surface area contributed by atoms with Crippen molar-refractivity contribution in [1.82, 2.24) is 9.97 Å². The number of amides is 2. The molecule has 2 amide bonds. The van der Waals surface area contributed by atoms with Gasteiger partial charge in [0.1, 0.15) is 0 Å². The molecule has 2 aromatic carbocycles. The number of rotatable bonds is 3. The summed E-state index contributed by atoms with van der Waals surface area (Å²) in [4.78, 5) is 33.2. The fourth-order valence-corrected chi connectivity index (χ4v) is 3.74. The number of hydrogen-bond donors (Lipinski definition) is 2. The van der Waals surface area contributed by atoms with Gasteiger partial charge < -0.3 is 10.6 Å². The molecule has 150 valence electrons. The molecule has 4 rings (SSSR count). The maximum Gasteiger partial charge on any atom is 0.221 e. The van der Waals surface area contributed by atoms with Crippen LogP contribution in [0, 0.1) is 13.8 Å². The van der Waals surface area contributed by atoms with Crippen LogP contribution in [0.5, 0.6) is 0 Å². The van der Waals surface area contributed by atoms with Crippen molar-refractivity contribution in [3.05, 3.63) is 59.9 Å². The first-order valence-electron chi connectivity index (χ1n) is 9.70. The number of nitrogens with one attached hydrogen (secondary N) is 2. The van der Waals surface area contributed by atoms with Crippen LogP contribution in [0.1, 0.15) is 25.2 Å². The van der Waals surface area contributed by atoms with Gasteiger partial charge in [0.05, 0.1) is 11.0 Å². The SMILES string of the molecule is CC(=O)Nc1ccc2nc(C)ccc2c1-c1c(NC(C)=O)ccc2nc(C)ccc12. The lowest BCUT2D eigenvalue weighted by molar-refractivity contribution is -0.115. The van der Waals surface area contributed by atoms with Crippen LogP contribution in [-0.2, 0) is 9.59 Å². The van der Waals surface area contributed by atoms with E-state index in [0.29, 0.717) is 11.4 Å². The Morgan fingerprint density at radius 1 is 0.633 bits per heavy atom. The lowest BCUT2D eigenvalue weighted by Gasteiger charge is -2.19. The predicted octanol–water partition coefficient (Wildman–Crippen LogP) is 4.98. The molecule has 0 radical (unpaired) electrons. The minimum absolute atomic E-state index is 0.175. The summed E-state index contributed by atoms with van der Waals surface area (Å²) in [7, 11) is 0. The van der Waals surface area contributed by atoms with Crippen molar-refractivity contribution < 1.29 is 9.59 Å². The summed E-state index contributed by atoms with van der Waals surface area (Å²) in [5, 5.41) is 7.63. The normalized spacial score (nSPS) is 10.9. The average Bonchev–Trinajstić information content (AvgIpc) is 2.67. The van der Waals surface area contributed by atoms with Crippen molar-refractivity contribution in [1.29, 1.82) is 0 Å². The summed E-state index contributed by atoms with van der Waals surface area (Å²) in [5.41, 5.74) is 6.33. The second kappa shape index (κ2) is 7.55. The average molecular weight is 398 g/mol. The minimum atomic E-state index is -0.175. The van der Waals surface area contributed by atoms with E-state index in [2.05, 4.69) is 20.6 Å². The molecule has 0 atom stereocenters. The molecule has 0 aliphatic rings. The van der Waals surface area contributed by atoms with Crippen molar-refractivity contribution >= 4 is 45.0 Å². The molecule has 0 saturated heterocycles. The molecule has 0 unspecified atom stereocenters. The first-order chi connectivity index (χ1) is 14.3. The molecule has 2 aromatic heterocycles. The van der Waals surface area contributed by atoms with Gasteiger partial charge in [-0.25, -0.2) is 0 Å². The number of aryl methyl sites for hydroxylation is 2. The van der Waals surface area contributed by atoms with Gasteiger partial charge in [-0.3, -0.25) is 19.6 Å². The van der Waals surface area contributed by atoms with Gasteiger partial charge in [-0.2, -0.15) is 0 Å². The van der Waals surface area contributed by atoms with E-state index in [0.717, 1.165) is 44.3 Å². The summed E-state index contributed by atoms with van der Waals surface area (Å²) >= 11 is 0. The number of benzene rings is 2. The van der Waals surface area contributed by atoms with Gasteiger partial charge in [0.15, 0.2) is 0 Å². The Morgan fingerprint density at radius 2 is 1.03 bits per heavy atom. The number of hydrogen-bond acceptors (Lipinski definition) is 4. The van der Waals surface area contributed by atoms with E-state index in [-0.39, 0.29) is 11.8 Å². The van der Waals surface area contributed by atoms with Gasteiger partial charge >= 0.3 is 0 Å². The third-order valence-electron chi connectivity index (χ3n) is 4.89. The number of nitrogens with zero attached hydrogens (tertiary/aromatic N) is 2. The van der Waals surface area contributed by atoms with Gasteiger partial charge in [-0.15, -0.1) is 0 Å². The van der Waals surface area contributed by atoms with Crippen molar-refractivity contribution in [3.63, 3.8) is 0 Å². The zero-order chi connectivity index (χ0) is 21.4. The highest BCUT2D eigenvalue weighted by molar-refractivity contribution is 6.15. The molecule has 0 bridgehead atoms. The highest BCUT2D eigenvalue weighted by Gasteiger charge is 2.19. The van der Waals surface area contributed by atoms with Gasteiger partial charge in [0, 0.05) is 58.5 Å². The minimum Gasteiger partial charge on any atom is -0.326 e. The molecule has 0 spiro atoms. The monoisotopic (exact) mass is 398 g/mol. The standard InChI is InChI=1S/C24H22N4O2/c1-13-5-7-17-19(25-13)9-11-21(27-15(3)29)23(17)24-18-8-6-14(2)26-20(18)10-12-22(24)28-16(4)30/h5-12H,1-4H3,(H,27,29)(H,28,30). The Bertz CT molecular complexity index is 1220. The topological polar surface area (TPSA) is 84.0 Å². The Balaban J connectivity index is 2.17. The molecular weight excluding hydrogens is 376 g/mol. The third-order valence-corrected chi connectivity index (χ3v) is 4.89. The highest BCUT2D eigenvalue weighted by Crippen LogP contribution is 2.43. The van der Waals surface area contributed by atoms with E-state index in [1.54, 1.807) is 0 Å². The molecule has 6 nitrogen and oxygen atoms in total. The van der Waals surface area contributed by atoms with E-state index >= 15 is 0 Å². The summed E-state index contributed by atoms with van der Waals surface area (Å²) in [6.45, 7) is 6.83. The lowest BCUT2D eigenvalue weighted by Crippen LogP contribution is -2.10. The molecule has 6 heteroatoms. The summed E-state index contributed by atoms with van der Waals surface area (Å²) in [6, 6.07) is 15.4. The summed E-state index contributed by atoms with van der Waals surface area (Å²) < 4.78 is 0. The van der Waals surface area contributed by atoms with Gasteiger partial charge in [0.2, 0.25) is 11.8 Å². The number of carbonyl (C=O) groups excluding carboxylic acids is 2. The molecule has 0 saturated carbocycles. The maximum atomic E-state index is 11.9. The summed E-state index contributed by atoms with van der Waals surface area (Å²) in [5.74, 6) is -0.350. The Kier molecular flexibility index (Phi) is 4.91. The number of aromatic nitrogens is 2. The van der Waals surface area contributed by atoms with Crippen molar-refractivity contribution in [2.45, 2.75) is 27.7 Å². The predicted molar refractivity (Wildman–Crippen MR) is 121 cm³/mol. The molecular formula is C24H22N4O2. The lowest BCUT2D eigenvalue weighted by atomic mass is 9.93. The van der Waals surface area contributed by atoms with Crippen LogP contribution >= 0.6 is 0 Å². The van der Waals surface area contributed by atoms with Crippen molar-refractivity contribution in [3.8, 4) is 11.1 Å².